The molecule has 0 fully saturated rings. The summed E-state index contributed by atoms with van der Waals surface area (Å²) in [4.78, 5) is 2.52. The standard InChI is InChI=1S/C22H22N2/c1-17-11-13-18(14-12-17)16-24-21-10-6-5-9-20(21)23-15-22(24)19-7-3-2-4-8-19/h2-14,22-23H,15-16H2,1H3. The molecule has 120 valence electrons. The molecule has 0 aromatic heterocycles. The van der Waals surface area contributed by atoms with Gasteiger partial charge < -0.3 is 10.2 Å². The predicted octanol–water partition coefficient (Wildman–Crippen LogP) is 5.17. The van der Waals surface area contributed by atoms with Crippen molar-refractivity contribution in [1.29, 1.82) is 0 Å². The lowest BCUT2D eigenvalue weighted by Gasteiger charge is -2.40. The van der Waals surface area contributed by atoms with Crippen molar-refractivity contribution < 1.29 is 0 Å². The Labute approximate surface area is 143 Å². The minimum atomic E-state index is 0.336. The Morgan fingerprint density at radius 3 is 2.38 bits per heavy atom. The highest BCUT2D eigenvalue weighted by molar-refractivity contribution is 5.73. The van der Waals surface area contributed by atoms with Crippen LogP contribution in [0.3, 0.4) is 0 Å². The van der Waals surface area contributed by atoms with Gasteiger partial charge >= 0.3 is 0 Å². The molecule has 0 radical (unpaired) electrons. The van der Waals surface area contributed by atoms with Gasteiger partial charge in [0.15, 0.2) is 0 Å². The molecule has 2 heteroatoms. The van der Waals surface area contributed by atoms with Gasteiger partial charge in [-0.1, -0.05) is 72.3 Å². The number of hydrogen-bond acceptors (Lipinski definition) is 2. The summed E-state index contributed by atoms with van der Waals surface area (Å²) < 4.78 is 0. The fraction of sp³-hybridized carbons (Fsp3) is 0.182. The van der Waals surface area contributed by atoms with Crippen molar-refractivity contribution in [2.75, 3.05) is 16.8 Å². The number of fused-ring (bicyclic) bond motifs is 1. The molecule has 4 rings (SSSR count). The first-order chi connectivity index (χ1) is 11.8. The minimum absolute atomic E-state index is 0.336. The van der Waals surface area contributed by atoms with Gasteiger partial charge in [0.05, 0.1) is 17.4 Å². The summed E-state index contributed by atoms with van der Waals surface area (Å²) in [6.07, 6.45) is 0. The topological polar surface area (TPSA) is 15.3 Å². The van der Waals surface area contributed by atoms with Crippen molar-refractivity contribution >= 4 is 11.4 Å². The smallest absolute Gasteiger partial charge is 0.0719 e. The largest absolute Gasteiger partial charge is 0.381 e. The molecule has 1 aliphatic rings. The summed E-state index contributed by atoms with van der Waals surface area (Å²) >= 11 is 0. The molecule has 0 aliphatic carbocycles. The summed E-state index contributed by atoms with van der Waals surface area (Å²) in [5, 5.41) is 3.59. The van der Waals surface area contributed by atoms with E-state index >= 15 is 0 Å². The summed E-state index contributed by atoms with van der Waals surface area (Å²) in [5.74, 6) is 0. The van der Waals surface area contributed by atoms with Gasteiger partial charge in [-0.15, -0.1) is 0 Å². The molecule has 0 saturated carbocycles. The van der Waals surface area contributed by atoms with Crippen LogP contribution in [-0.2, 0) is 6.54 Å². The number of nitrogens with zero attached hydrogens (tertiary/aromatic N) is 1. The van der Waals surface area contributed by atoms with E-state index in [1.165, 1.54) is 28.1 Å². The van der Waals surface area contributed by atoms with Crippen LogP contribution in [-0.4, -0.2) is 6.54 Å². The maximum absolute atomic E-state index is 3.59. The fourth-order valence-electron chi connectivity index (χ4n) is 3.42. The average molecular weight is 314 g/mol. The maximum atomic E-state index is 3.59. The Bertz CT molecular complexity index is 809. The Balaban J connectivity index is 1.73. The Morgan fingerprint density at radius 2 is 1.58 bits per heavy atom. The van der Waals surface area contributed by atoms with Crippen molar-refractivity contribution in [2.24, 2.45) is 0 Å². The number of aryl methyl sites for hydroxylation is 1. The van der Waals surface area contributed by atoms with Crippen LogP contribution in [0.5, 0.6) is 0 Å². The normalized spacial score (nSPS) is 16.4. The molecule has 2 nitrogen and oxygen atoms in total. The first-order valence-corrected chi connectivity index (χ1v) is 8.51. The van der Waals surface area contributed by atoms with Crippen LogP contribution < -0.4 is 10.2 Å². The zero-order valence-corrected chi connectivity index (χ0v) is 13.9. The molecule has 3 aromatic rings. The lowest BCUT2D eigenvalue weighted by molar-refractivity contribution is 0.628. The molecule has 24 heavy (non-hydrogen) atoms. The van der Waals surface area contributed by atoms with Gasteiger partial charge in [-0.3, -0.25) is 0 Å². The molecule has 1 unspecified atom stereocenters. The molecule has 3 aromatic carbocycles. The van der Waals surface area contributed by atoms with Crippen LogP contribution in [0.1, 0.15) is 22.7 Å². The summed E-state index contributed by atoms with van der Waals surface area (Å²) in [6, 6.07) is 28.6. The first-order valence-electron chi connectivity index (χ1n) is 8.51. The molecule has 0 spiro atoms. The van der Waals surface area contributed by atoms with E-state index in [-0.39, 0.29) is 0 Å². The quantitative estimate of drug-likeness (QED) is 0.717. The highest BCUT2D eigenvalue weighted by Crippen LogP contribution is 2.38. The molecule has 0 amide bonds. The van der Waals surface area contributed by atoms with E-state index in [1.54, 1.807) is 0 Å². The number of hydrogen-bond donors (Lipinski definition) is 1. The number of anilines is 2. The van der Waals surface area contributed by atoms with Crippen molar-refractivity contribution in [3.8, 4) is 0 Å². The summed E-state index contributed by atoms with van der Waals surface area (Å²) in [7, 11) is 0. The lowest BCUT2D eigenvalue weighted by atomic mass is 10.00. The maximum Gasteiger partial charge on any atom is 0.0719 e. The van der Waals surface area contributed by atoms with E-state index in [1.807, 2.05) is 0 Å². The Hall–Kier alpha value is -2.74. The van der Waals surface area contributed by atoms with Crippen LogP contribution >= 0.6 is 0 Å². The van der Waals surface area contributed by atoms with Crippen molar-refractivity contribution in [1.82, 2.24) is 0 Å². The van der Waals surface area contributed by atoms with Gasteiger partial charge in [-0.25, -0.2) is 0 Å². The molecule has 1 N–H and O–H groups in total. The van der Waals surface area contributed by atoms with Crippen LogP contribution in [0, 0.1) is 6.92 Å². The zero-order chi connectivity index (χ0) is 16.4. The molecule has 1 aliphatic heterocycles. The van der Waals surface area contributed by atoms with Gasteiger partial charge in [0.25, 0.3) is 0 Å². The zero-order valence-electron chi connectivity index (χ0n) is 13.9. The molecular weight excluding hydrogens is 292 g/mol. The second-order valence-electron chi connectivity index (χ2n) is 6.44. The second kappa shape index (κ2) is 6.40. The lowest BCUT2D eigenvalue weighted by Crippen LogP contribution is -2.37. The molecular formula is C22H22N2. The van der Waals surface area contributed by atoms with Gasteiger partial charge in [0.1, 0.15) is 0 Å². The Kier molecular flexibility index (Phi) is 3.96. The second-order valence-corrected chi connectivity index (χ2v) is 6.44. The van der Waals surface area contributed by atoms with E-state index < -0.39 is 0 Å². The van der Waals surface area contributed by atoms with E-state index in [4.69, 9.17) is 0 Å². The summed E-state index contributed by atoms with van der Waals surface area (Å²) in [5.41, 5.74) is 6.50. The number of para-hydroxylation sites is 2. The molecule has 1 heterocycles. The number of nitrogens with one attached hydrogen (secondary N) is 1. The van der Waals surface area contributed by atoms with Gasteiger partial charge in [-0.05, 0) is 30.2 Å². The first kappa shape index (κ1) is 14.8. The van der Waals surface area contributed by atoms with Crippen molar-refractivity contribution in [3.63, 3.8) is 0 Å². The molecule has 1 atom stereocenters. The Morgan fingerprint density at radius 1 is 0.875 bits per heavy atom. The minimum Gasteiger partial charge on any atom is -0.381 e. The van der Waals surface area contributed by atoms with E-state index in [0.717, 1.165) is 13.1 Å². The van der Waals surface area contributed by atoms with Gasteiger partial charge in [-0.2, -0.15) is 0 Å². The molecule has 0 saturated heterocycles. The van der Waals surface area contributed by atoms with Gasteiger partial charge in [0.2, 0.25) is 0 Å². The number of benzene rings is 3. The van der Waals surface area contributed by atoms with E-state index in [0.29, 0.717) is 6.04 Å². The SMILES string of the molecule is Cc1ccc(CN2c3ccccc3NCC2c2ccccc2)cc1. The predicted molar refractivity (Wildman–Crippen MR) is 101 cm³/mol. The third kappa shape index (κ3) is 2.88. The van der Waals surface area contributed by atoms with Gasteiger partial charge in [0, 0.05) is 13.1 Å². The monoisotopic (exact) mass is 314 g/mol. The number of rotatable bonds is 3. The van der Waals surface area contributed by atoms with Crippen LogP contribution in [0.4, 0.5) is 11.4 Å². The highest BCUT2D eigenvalue weighted by Gasteiger charge is 2.27. The highest BCUT2D eigenvalue weighted by atomic mass is 15.2. The third-order valence-electron chi connectivity index (χ3n) is 4.73. The summed E-state index contributed by atoms with van der Waals surface area (Å²) in [6.45, 7) is 3.97. The average Bonchev–Trinajstić information content (AvgIpc) is 2.64. The van der Waals surface area contributed by atoms with E-state index in [9.17, 15) is 0 Å². The van der Waals surface area contributed by atoms with Crippen LogP contribution in [0.15, 0.2) is 78.9 Å². The van der Waals surface area contributed by atoms with Crippen LogP contribution in [0.2, 0.25) is 0 Å². The molecule has 0 bridgehead atoms. The fourth-order valence-corrected chi connectivity index (χ4v) is 3.42. The van der Waals surface area contributed by atoms with E-state index in [2.05, 4.69) is 96.0 Å². The van der Waals surface area contributed by atoms with Crippen molar-refractivity contribution in [3.05, 3.63) is 95.6 Å². The van der Waals surface area contributed by atoms with Crippen molar-refractivity contribution in [2.45, 2.75) is 19.5 Å². The van der Waals surface area contributed by atoms with Crippen LogP contribution in [0.25, 0.3) is 0 Å². The third-order valence-corrected chi connectivity index (χ3v) is 4.73.